The van der Waals surface area contributed by atoms with Crippen molar-refractivity contribution < 1.29 is 19.1 Å². The fourth-order valence-corrected chi connectivity index (χ4v) is 3.16. The van der Waals surface area contributed by atoms with Crippen molar-refractivity contribution in [3.05, 3.63) is 65.2 Å². The third-order valence-electron chi connectivity index (χ3n) is 4.92. The van der Waals surface area contributed by atoms with Gasteiger partial charge in [-0.3, -0.25) is 14.4 Å². The van der Waals surface area contributed by atoms with Crippen LogP contribution < -0.4 is 5.32 Å². The number of rotatable bonds is 9. The summed E-state index contributed by atoms with van der Waals surface area (Å²) in [6.45, 7) is 3.37. The molecule has 2 atom stereocenters. The van der Waals surface area contributed by atoms with E-state index in [1.165, 1.54) is 11.9 Å². The molecule has 160 valence electrons. The van der Waals surface area contributed by atoms with Crippen molar-refractivity contribution in [1.29, 1.82) is 0 Å². The SMILES string of the molecule is CCC(C)C(C(=O)OCC(=O)N(C)CC(=O)Nc1ccccc1Cl)c1ccccc1. The lowest BCUT2D eigenvalue weighted by Crippen LogP contribution is -2.38. The van der Waals surface area contributed by atoms with E-state index in [2.05, 4.69) is 5.32 Å². The van der Waals surface area contributed by atoms with Gasteiger partial charge in [-0.15, -0.1) is 0 Å². The summed E-state index contributed by atoms with van der Waals surface area (Å²) in [4.78, 5) is 38.4. The van der Waals surface area contributed by atoms with Crippen LogP contribution in [0, 0.1) is 5.92 Å². The van der Waals surface area contributed by atoms with Crippen LogP contribution in [-0.2, 0) is 19.1 Å². The van der Waals surface area contributed by atoms with Crippen LogP contribution in [-0.4, -0.2) is 42.9 Å². The van der Waals surface area contributed by atoms with Gasteiger partial charge in [0.2, 0.25) is 5.91 Å². The summed E-state index contributed by atoms with van der Waals surface area (Å²) >= 11 is 6.02. The molecule has 0 saturated heterocycles. The van der Waals surface area contributed by atoms with E-state index in [9.17, 15) is 14.4 Å². The Kier molecular flexibility index (Phi) is 8.87. The molecule has 1 N–H and O–H groups in total. The second kappa shape index (κ2) is 11.4. The topological polar surface area (TPSA) is 75.7 Å². The Morgan fingerprint density at radius 3 is 2.33 bits per heavy atom. The highest BCUT2D eigenvalue weighted by Crippen LogP contribution is 2.28. The lowest BCUT2D eigenvalue weighted by molar-refractivity contribution is -0.154. The van der Waals surface area contributed by atoms with Gasteiger partial charge in [0.1, 0.15) is 0 Å². The lowest BCUT2D eigenvalue weighted by atomic mass is 9.86. The van der Waals surface area contributed by atoms with Crippen molar-refractivity contribution in [2.45, 2.75) is 26.2 Å². The average Bonchev–Trinajstić information content (AvgIpc) is 2.74. The van der Waals surface area contributed by atoms with E-state index in [4.69, 9.17) is 16.3 Å². The van der Waals surface area contributed by atoms with E-state index in [0.717, 1.165) is 12.0 Å². The van der Waals surface area contributed by atoms with Gasteiger partial charge in [-0.25, -0.2) is 0 Å². The van der Waals surface area contributed by atoms with Gasteiger partial charge >= 0.3 is 5.97 Å². The predicted octanol–water partition coefficient (Wildman–Crippen LogP) is 4.11. The first-order valence-electron chi connectivity index (χ1n) is 9.83. The van der Waals surface area contributed by atoms with E-state index in [1.54, 1.807) is 24.3 Å². The molecule has 2 unspecified atom stereocenters. The largest absolute Gasteiger partial charge is 0.455 e. The Balaban J connectivity index is 1.90. The van der Waals surface area contributed by atoms with Gasteiger partial charge in [-0.1, -0.05) is 74.3 Å². The lowest BCUT2D eigenvalue weighted by Gasteiger charge is -2.23. The Bertz CT molecular complexity index is 873. The third kappa shape index (κ3) is 6.59. The molecule has 6 nitrogen and oxygen atoms in total. The molecule has 0 aromatic heterocycles. The van der Waals surface area contributed by atoms with Crippen LogP contribution in [0.3, 0.4) is 0 Å². The molecule has 2 amide bonds. The van der Waals surface area contributed by atoms with E-state index in [1.807, 2.05) is 44.2 Å². The van der Waals surface area contributed by atoms with Crippen molar-refractivity contribution in [2.24, 2.45) is 5.92 Å². The Morgan fingerprint density at radius 1 is 1.07 bits per heavy atom. The Hall–Kier alpha value is -2.86. The quantitative estimate of drug-likeness (QED) is 0.607. The average molecular weight is 431 g/mol. The molecule has 0 aliphatic carbocycles. The summed E-state index contributed by atoms with van der Waals surface area (Å²) in [6.07, 6.45) is 0.796. The first kappa shape index (κ1) is 23.4. The molecular formula is C23H27ClN2O4. The summed E-state index contributed by atoms with van der Waals surface area (Å²) in [7, 11) is 1.48. The number of carbonyl (C=O) groups excluding carboxylic acids is 3. The van der Waals surface area contributed by atoms with Crippen molar-refractivity contribution in [3.8, 4) is 0 Å². The third-order valence-corrected chi connectivity index (χ3v) is 5.25. The predicted molar refractivity (Wildman–Crippen MR) is 117 cm³/mol. The van der Waals surface area contributed by atoms with Crippen molar-refractivity contribution >= 4 is 35.1 Å². The summed E-state index contributed by atoms with van der Waals surface area (Å²) in [5, 5.41) is 3.06. The first-order chi connectivity index (χ1) is 14.3. The molecule has 7 heteroatoms. The smallest absolute Gasteiger partial charge is 0.314 e. The summed E-state index contributed by atoms with van der Waals surface area (Å²) in [5.74, 6) is -1.69. The highest BCUT2D eigenvalue weighted by molar-refractivity contribution is 6.33. The van der Waals surface area contributed by atoms with Crippen LogP contribution in [0.5, 0.6) is 0 Å². The van der Waals surface area contributed by atoms with Crippen LogP contribution in [0.4, 0.5) is 5.69 Å². The van der Waals surface area contributed by atoms with Crippen LogP contribution in [0.2, 0.25) is 5.02 Å². The monoisotopic (exact) mass is 430 g/mol. The number of esters is 1. The number of nitrogens with zero attached hydrogens (tertiary/aromatic N) is 1. The maximum atomic E-state index is 12.7. The van der Waals surface area contributed by atoms with Crippen LogP contribution in [0.1, 0.15) is 31.7 Å². The molecule has 0 aliphatic heterocycles. The van der Waals surface area contributed by atoms with Crippen molar-refractivity contribution in [2.75, 3.05) is 25.5 Å². The molecule has 2 aromatic rings. The first-order valence-corrected chi connectivity index (χ1v) is 10.2. The van der Waals surface area contributed by atoms with Crippen LogP contribution in [0.15, 0.2) is 54.6 Å². The van der Waals surface area contributed by atoms with Gasteiger partial charge in [0.25, 0.3) is 5.91 Å². The fraction of sp³-hybridized carbons (Fsp3) is 0.348. The molecule has 2 rings (SSSR count). The number of hydrogen-bond acceptors (Lipinski definition) is 4. The fourth-order valence-electron chi connectivity index (χ4n) is 2.98. The Labute approximate surface area is 182 Å². The van der Waals surface area contributed by atoms with Crippen molar-refractivity contribution in [1.82, 2.24) is 4.90 Å². The number of likely N-dealkylation sites (N-methyl/N-ethyl adjacent to an activating group) is 1. The summed E-state index contributed by atoms with van der Waals surface area (Å²) in [5.41, 5.74) is 1.33. The summed E-state index contributed by atoms with van der Waals surface area (Å²) in [6, 6.07) is 16.2. The molecular weight excluding hydrogens is 404 g/mol. The van der Waals surface area contributed by atoms with Crippen LogP contribution in [0.25, 0.3) is 0 Å². The second-order valence-corrected chi connectivity index (χ2v) is 7.57. The minimum Gasteiger partial charge on any atom is -0.455 e. The number of halogens is 1. The minimum absolute atomic E-state index is 0.0640. The zero-order valence-electron chi connectivity index (χ0n) is 17.4. The number of ether oxygens (including phenoxy) is 1. The standard InChI is InChI=1S/C23H27ClN2O4/c1-4-16(2)22(17-10-6-5-7-11-17)23(29)30-15-21(28)26(3)14-20(27)25-19-13-9-8-12-18(19)24/h5-13,16,22H,4,14-15H2,1-3H3,(H,25,27). The zero-order chi connectivity index (χ0) is 22.1. The van der Waals surface area contributed by atoms with Gasteiger partial charge < -0.3 is 15.0 Å². The van der Waals surface area contributed by atoms with Gasteiger partial charge in [0, 0.05) is 7.05 Å². The maximum Gasteiger partial charge on any atom is 0.314 e. The zero-order valence-corrected chi connectivity index (χ0v) is 18.2. The molecule has 0 fully saturated rings. The maximum absolute atomic E-state index is 12.7. The Morgan fingerprint density at radius 2 is 1.70 bits per heavy atom. The highest BCUT2D eigenvalue weighted by atomic mass is 35.5. The number of benzene rings is 2. The number of para-hydroxylation sites is 1. The molecule has 2 aromatic carbocycles. The van der Waals surface area contributed by atoms with E-state index < -0.39 is 30.3 Å². The second-order valence-electron chi connectivity index (χ2n) is 7.16. The molecule has 0 radical (unpaired) electrons. The molecule has 0 bridgehead atoms. The minimum atomic E-state index is -0.464. The molecule has 0 heterocycles. The normalized spacial score (nSPS) is 12.5. The number of amides is 2. The van der Waals surface area contributed by atoms with Gasteiger partial charge in [0.05, 0.1) is 23.2 Å². The van der Waals surface area contributed by atoms with Gasteiger partial charge in [0.15, 0.2) is 6.61 Å². The molecule has 0 spiro atoms. The number of carbonyl (C=O) groups is 3. The highest BCUT2D eigenvalue weighted by Gasteiger charge is 2.28. The van der Waals surface area contributed by atoms with E-state index in [-0.39, 0.29) is 12.5 Å². The molecule has 0 aliphatic rings. The number of anilines is 1. The molecule has 0 saturated carbocycles. The molecule has 30 heavy (non-hydrogen) atoms. The number of nitrogens with one attached hydrogen (secondary N) is 1. The van der Waals surface area contributed by atoms with E-state index in [0.29, 0.717) is 10.7 Å². The summed E-state index contributed by atoms with van der Waals surface area (Å²) < 4.78 is 5.30. The van der Waals surface area contributed by atoms with Crippen LogP contribution >= 0.6 is 11.6 Å². The van der Waals surface area contributed by atoms with Gasteiger partial charge in [-0.2, -0.15) is 0 Å². The van der Waals surface area contributed by atoms with E-state index >= 15 is 0 Å². The van der Waals surface area contributed by atoms with Crippen molar-refractivity contribution in [3.63, 3.8) is 0 Å². The van der Waals surface area contributed by atoms with Gasteiger partial charge in [-0.05, 0) is 23.6 Å². The number of hydrogen-bond donors (Lipinski definition) is 1.